The molecule has 0 unspecified atom stereocenters. The molecular formula is C14H10BrIN2O2S. The first kappa shape index (κ1) is 15.0. The van der Waals surface area contributed by atoms with Crippen LogP contribution in [-0.2, 0) is 10.0 Å². The molecule has 0 saturated carbocycles. The van der Waals surface area contributed by atoms with Crippen molar-refractivity contribution in [2.24, 2.45) is 0 Å². The number of pyridine rings is 1. The van der Waals surface area contributed by atoms with Gasteiger partial charge in [0, 0.05) is 25.8 Å². The van der Waals surface area contributed by atoms with Gasteiger partial charge >= 0.3 is 0 Å². The van der Waals surface area contributed by atoms with E-state index in [1.807, 2.05) is 6.92 Å². The molecule has 108 valence electrons. The molecule has 7 heteroatoms. The van der Waals surface area contributed by atoms with Crippen LogP contribution >= 0.6 is 38.5 Å². The molecule has 4 nitrogen and oxygen atoms in total. The van der Waals surface area contributed by atoms with Crippen LogP contribution in [0.25, 0.3) is 11.0 Å². The number of aromatic nitrogens is 2. The van der Waals surface area contributed by atoms with E-state index in [0.717, 1.165) is 19.0 Å². The van der Waals surface area contributed by atoms with E-state index in [1.165, 1.54) is 3.97 Å². The van der Waals surface area contributed by atoms with Crippen LogP contribution in [0.4, 0.5) is 0 Å². The van der Waals surface area contributed by atoms with Crippen LogP contribution in [0.5, 0.6) is 0 Å². The monoisotopic (exact) mass is 476 g/mol. The second-order valence-corrected chi connectivity index (χ2v) is 8.41. The molecule has 3 rings (SSSR count). The molecule has 0 fully saturated rings. The Hall–Kier alpha value is -0.930. The third-order valence-electron chi connectivity index (χ3n) is 3.14. The van der Waals surface area contributed by atoms with E-state index in [-0.39, 0.29) is 4.90 Å². The van der Waals surface area contributed by atoms with Gasteiger partial charge in [-0.05, 0) is 63.6 Å². The minimum Gasteiger partial charge on any atom is -0.237 e. The second kappa shape index (κ2) is 5.36. The lowest BCUT2D eigenvalue weighted by Gasteiger charge is -2.07. The van der Waals surface area contributed by atoms with Crippen molar-refractivity contribution < 1.29 is 8.42 Å². The van der Waals surface area contributed by atoms with Crippen molar-refractivity contribution in [3.63, 3.8) is 0 Å². The fraction of sp³-hybridized carbons (Fsp3) is 0.0714. The number of halogens is 2. The van der Waals surface area contributed by atoms with Crippen molar-refractivity contribution in [3.05, 3.63) is 56.3 Å². The highest BCUT2D eigenvalue weighted by Gasteiger charge is 2.22. The summed E-state index contributed by atoms with van der Waals surface area (Å²) in [5.41, 5.74) is 1.44. The first-order valence-electron chi connectivity index (χ1n) is 6.04. The van der Waals surface area contributed by atoms with Crippen molar-refractivity contribution in [1.82, 2.24) is 8.96 Å². The standard InChI is InChI=1S/C14H10BrIN2O2S/c1-9-2-4-10(5-3-9)21(19,20)18-8-12(16)13-11(15)6-7-17-14(13)18/h2-8H,1H3. The van der Waals surface area contributed by atoms with E-state index in [2.05, 4.69) is 43.5 Å². The van der Waals surface area contributed by atoms with Gasteiger partial charge in [0.05, 0.1) is 4.90 Å². The molecular weight excluding hydrogens is 467 g/mol. The Morgan fingerprint density at radius 3 is 2.52 bits per heavy atom. The summed E-state index contributed by atoms with van der Waals surface area (Å²) in [6.07, 6.45) is 3.18. The number of fused-ring (bicyclic) bond motifs is 1. The van der Waals surface area contributed by atoms with Gasteiger partial charge in [-0.25, -0.2) is 17.4 Å². The molecule has 0 aliphatic carbocycles. The predicted molar refractivity (Wildman–Crippen MR) is 93.9 cm³/mol. The van der Waals surface area contributed by atoms with Crippen LogP contribution in [0, 0.1) is 10.5 Å². The highest BCUT2D eigenvalue weighted by atomic mass is 127. The normalized spacial score (nSPS) is 12.0. The summed E-state index contributed by atoms with van der Waals surface area (Å²) in [7, 11) is -3.65. The maximum atomic E-state index is 12.8. The molecule has 0 amide bonds. The summed E-state index contributed by atoms with van der Waals surface area (Å²) < 4.78 is 28.5. The number of hydrogen-bond donors (Lipinski definition) is 0. The summed E-state index contributed by atoms with van der Waals surface area (Å²) in [6.45, 7) is 1.92. The first-order chi connectivity index (χ1) is 9.91. The van der Waals surface area contributed by atoms with Gasteiger partial charge in [-0.2, -0.15) is 0 Å². The molecule has 2 heterocycles. The van der Waals surface area contributed by atoms with Crippen LogP contribution in [0.3, 0.4) is 0 Å². The third kappa shape index (κ3) is 2.51. The van der Waals surface area contributed by atoms with E-state index < -0.39 is 10.0 Å². The Balaban J connectivity index is 2.29. The van der Waals surface area contributed by atoms with Gasteiger partial charge < -0.3 is 0 Å². The van der Waals surface area contributed by atoms with Crippen LogP contribution < -0.4 is 0 Å². The molecule has 1 aromatic carbocycles. The van der Waals surface area contributed by atoms with Crippen molar-refractivity contribution in [1.29, 1.82) is 0 Å². The Bertz CT molecular complexity index is 934. The van der Waals surface area contributed by atoms with Crippen LogP contribution in [0.2, 0.25) is 0 Å². The molecule has 0 atom stereocenters. The fourth-order valence-corrected chi connectivity index (χ4v) is 5.25. The lowest BCUT2D eigenvalue weighted by molar-refractivity contribution is 0.588. The van der Waals surface area contributed by atoms with Crippen molar-refractivity contribution >= 4 is 59.6 Å². The van der Waals surface area contributed by atoms with Crippen molar-refractivity contribution in [3.8, 4) is 0 Å². The molecule has 0 N–H and O–H groups in total. The van der Waals surface area contributed by atoms with E-state index >= 15 is 0 Å². The third-order valence-corrected chi connectivity index (χ3v) is 6.28. The molecule has 0 aliphatic heterocycles. The number of benzene rings is 1. The molecule has 2 aromatic heterocycles. The zero-order valence-corrected chi connectivity index (χ0v) is 15.5. The number of rotatable bonds is 2. The van der Waals surface area contributed by atoms with Gasteiger partial charge in [0.1, 0.15) is 0 Å². The predicted octanol–water partition coefficient (Wildman–Crippen LogP) is 3.95. The minimum absolute atomic E-state index is 0.253. The smallest absolute Gasteiger partial charge is 0.237 e. The van der Waals surface area contributed by atoms with Gasteiger partial charge in [0.25, 0.3) is 10.0 Å². The van der Waals surface area contributed by atoms with Crippen LogP contribution in [0.1, 0.15) is 5.56 Å². The van der Waals surface area contributed by atoms with Gasteiger partial charge in [-0.3, -0.25) is 0 Å². The van der Waals surface area contributed by atoms with Gasteiger partial charge in [0.15, 0.2) is 5.65 Å². The quantitative estimate of drug-likeness (QED) is 0.526. The molecule has 0 radical (unpaired) electrons. The molecule has 21 heavy (non-hydrogen) atoms. The van der Waals surface area contributed by atoms with E-state index in [0.29, 0.717) is 5.65 Å². The van der Waals surface area contributed by atoms with Crippen LogP contribution in [0.15, 0.2) is 52.1 Å². The SMILES string of the molecule is Cc1ccc(S(=O)(=O)n2cc(I)c3c(Br)ccnc32)cc1. The summed E-state index contributed by atoms with van der Waals surface area (Å²) in [6, 6.07) is 8.59. The molecule has 0 bridgehead atoms. The topological polar surface area (TPSA) is 52.0 Å². The number of nitrogens with zero attached hydrogens (tertiary/aromatic N) is 2. The fourth-order valence-electron chi connectivity index (χ4n) is 2.05. The summed E-state index contributed by atoms with van der Waals surface area (Å²) in [5.74, 6) is 0. The van der Waals surface area contributed by atoms with Gasteiger partial charge in [0.2, 0.25) is 0 Å². The maximum absolute atomic E-state index is 12.8. The lowest BCUT2D eigenvalue weighted by atomic mass is 10.2. The molecule has 0 saturated heterocycles. The minimum atomic E-state index is -3.65. The van der Waals surface area contributed by atoms with Crippen LogP contribution in [-0.4, -0.2) is 17.4 Å². The van der Waals surface area contributed by atoms with E-state index in [1.54, 1.807) is 42.7 Å². The Kier molecular flexibility index (Phi) is 3.83. The van der Waals surface area contributed by atoms with Gasteiger partial charge in [-0.1, -0.05) is 17.7 Å². The second-order valence-electron chi connectivity index (χ2n) is 4.58. The van der Waals surface area contributed by atoms with Crippen molar-refractivity contribution in [2.45, 2.75) is 11.8 Å². The first-order valence-corrected chi connectivity index (χ1v) is 9.36. The largest absolute Gasteiger partial charge is 0.269 e. The Morgan fingerprint density at radius 2 is 1.86 bits per heavy atom. The Morgan fingerprint density at radius 1 is 1.19 bits per heavy atom. The van der Waals surface area contributed by atoms with E-state index in [4.69, 9.17) is 0 Å². The maximum Gasteiger partial charge on any atom is 0.269 e. The van der Waals surface area contributed by atoms with Crippen molar-refractivity contribution in [2.75, 3.05) is 0 Å². The highest BCUT2D eigenvalue weighted by molar-refractivity contribution is 14.1. The summed E-state index contributed by atoms with van der Waals surface area (Å²) in [4.78, 5) is 4.47. The number of aryl methyl sites for hydroxylation is 1. The van der Waals surface area contributed by atoms with Gasteiger partial charge in [-0.15, -0.1) is 0 Å². The number of hydrogen-bond acceptors (Lipinski definition) is 3. The molecule has 0 aliphatic rings. The lowest BCUT2D eigenvalue weighted by Crippen LogP contribution is -2.12. The average Bonchev–Trinajstić information content (AvgIpc) is 2.79. The zero-order chi connectivity index (χ0) is 15.2. The highest BCUT2D eigenvalue weighted by Crippen LogP contribution is 2.30. The Labute approximate surface area is 144 Å². The summed E-state index contributed by atoms with van der Waals surface area (Å²) >= 11 is 5.55. The molecule has 0 spiro atoms. The average molecular weight is 477 g/mol. The zero-order valence-electron chi connectivity index (χ0n) is 10.9. The summed E-state index contributed by atoms with van der Waals surface area (Å²) in [5, 5.41) is 0.800. The van der Waals surface area contributed by atoms with E-state index in [9.17, 15) is 8.42 Å². The molecule has 3 aromatic rings.